The number of fused-ring (bicyclic) bond motifs is 4. The molecule has 4 aromatic rings. The van der Waals surface area contributed by atoms with E-state index in [-0.39, 0.29) is 45.7 Å². The zero-order chi connectivity index (χ0) is 29.3. The predicted octanol–water partition coefficient (Wildman–Crippen LogP) is 6.20. The van der Waals surface area contributed by atoms with Gasteiger partial charge in [-0.2, -0.15) is 9.97 Å². The number of phenolic OH excluding ortho intramolecular Hbond substituents is 1. The first-order valence-electron chi connectivity index (χ1n) is 15.1. The highest BCUT2D eigenvalue weighted by Gasteiger charge is 2.45. The number of hydrogen-bond donors (Lipinski definition) is 1. The summed E-state index contributed by atoms with van der Waals surface area (Å²) in [6, 6.07) is 5.84. The number of pyridine rings is 1. The van der Waals surface area contributed by atoms with E-state index in [0.29, 0.717) is 34.3 Å². The Hall–Kier alpha value is -4.29. The molecular formula is C34H31F2N5O2. The molecule has 3 saturated heterocycles. The van der Waals surface area contributed by atoms with E-state index in [1.807, 2.05) is 6.08 Å². The zero-order valence-corrected chi connectivity index (χ0v) is 23.7. The van der Waals surface area contributed by atoms with Crippen molar-refractivity contribution in [3.8, 4) is 35.4 Å². The highest BCUT2D eigenvalue weighted by Crippen LogP contribution is 2.43. The van der Waals surface area contributed by atoms with Crippen molar-refractivity contribution in [2.75, 3.05) is 31.1 Å². The van der Waals surface area contributed by atoms with Gasteiger partial charge in [0.2, 0.25) is 0 Å². The maximum atomic E-state index is 16.9. The molecule has 4 aliphatic rings. The summed E-state index contributed by atoms with van der Waals surface area (Å²) in [5, 5.41) is 11.9. The van der Waals surface area contributed by atoms with Crippen molar-refractivity contribution < 1.29 is 18.6 Å². The van der Waals surface area contributed by atoms with E-state index in [1.165, 1.54) is 24.3 Å². The second kappa shape index (κ2) is 9.88. The Labute approximate surface area is 248 Å². The lowest BCUT2D eigenvalue weighted by Crippen LogP contribution is -2.43. The number of halogens is 2. The van der Waals surface area contributed by atoms with Gasteiger partial charge in [-0.05, 0) is 87.7 Å². The lowest BCUT2D eigenvalue weighted by Gasteiger charge is -2.35. The van der Waals surface area contributed by atoms with Crippen molar-refractivity contribution >= 4 is 33.6 Å². The average molecular weight is 580 g/mol. The smallest absolute Gasteiger partial charge is 0.319 e. The van der Waals surface area contributed by atoms with E-state index in [1.54, 1.807) is 0 Å². The van der Waals surface area contributed by atoms with Gasteiger partial charge in [0, 0.05) is 23.5 Å². The summed E-state index contributed by atoms with van der Waals surface area (Å²) in [5.41, 5.74) is 0.679. The highest BCUT2D eigenvalue weighted by atomic mass is 19.1. The van der Waals surface area contributed by atoms with Crippen molar-refractivity contribution in [3.63, 3.8) is 0 Å². The van der Waals surface area contributed by atoms with E-state index >= 15 is 4.39 Å². The fourth-order valence-corrected chi connectivity index (χ4v) is 7.77. The van der Waals surface area contributed by atoms with Gasteiger partial charge in [0.05, 0.1) is 22.2 Å². The SMILES string of the molecule is C#Cc1c(F)ccc2cc(O)cc(-c3nc4c5c(nc(OCC67CCCN6CCC7)nc5c3F)N3CCCCC3C=C4)c12. The van der Waals surface area contributed by atoms with E-state index in [0.717, 1.165) is 64.6 Å². The lowest BCUT2D eigenvalue weighted by molar-refractivity contribution is 0.108. The van der Waals surface area contributed by atoms with Crippen LogP contribution in [-0.2, 0) is 0 Å². The molecule has 2 aromatic carbocycles. The molecule has 6 heterocycles. The number of aromatic nitrogens is 3. The average Bonchev–Trinajstić information content (AvgIpc) is 3.56. The maximum absolute atomic E-state index is 16.9. The molecule has 0 radical (unpaired) electrons. The van der Waals surface area contributed by atoms with Gasteiger partial charge in [-0.15, -0.1) is 6.42 Å². The van der Waals surface area contributed by atoms with Crippen molar-refractivity contribution in [1.82, 2.24) is 19.9 Å². The number of piperidine rings is 1. The molecule has 8 rings (SSSR count). The van der Waals surface area contributed by atoms with Crippen LogP contribution in [0, 0.1) is 24.0 Å². The number of rotatable bonds is 4. The van der Waals surface area contributed by atoms with Gasteiger partial charge in [0.1, 0.15) is 35.2 Å². The molecule has 218 valence electrons. The first-order valence-corrected chi connectivity index (χ1v) is 15.1. The fraction of sp³-hybridized carbons (Fsp3) is 0.382. The number of nitrogens with zero attached hydrogens (tertiary/aromatic N) is 5. The summed E-state index contributed by atoms with van der Waals surface area (Å²) in [7, 11) is 0. The molecule has 7 nitrogen and oxygen atoms in total. The summed E-state index contributed by atoms with van der Waals surface area (Å²) in [6.45, 7) is 3.37. The minimum absolute atomic E-state index is 0.0170. The molecule has 4 aliphatic heterocycles. The van der Waals surface area contributed by atoms with Crippen LogP contribution in [0.15, 0.2) is 30.3 Å². The Morgan fingerprint density at radius 3 is 2.67 bits per heavy atom. The van der Waals surface area contributed by atoms with Gasteiger partial charge in [-0.3, -0.25) is 4.90 Å². The first-order chi connectivity index (χ1) is 21.0. The van der Waals surface area contributed by atoms with Gasteiger partial charge >= 0.3 is 6.01 Å². The zero-order valence-electron chi connectivity index (χ0n) is 23.7. The van der Waals surface area contributed by atoms with Crippen molar-refractivity contribution in [2.45, 2.75) is 56.5 Å². The minimum atomic E-state index is -0.697. The predicted molar refractivity (Wildman–Crippen MR) is 162 cm³/mol. The van der Waals surface area contributed by atoms with E-state index < -0.39 is 11.6 Å². The normalized spacial score (nSPS) is 20.7. The molecule has 0 aliphatic carbocycles. The van der Waals surface area contributed by atoms with Crippen molar-refractivity contribution in [2.24, 2.45) is 0 Å². The summed E-state index contributed by atoms with van der Waals surface area (Å²) >= 11 is 0. The summed E-state index contributed by atoms with van der Waals surface area (Å²) in [5.74, 6) is 1.61. The fourth-order valence-electron chi connectivity index (χ4n) is 7.77. The highest BCUT2D eigenvalue weighted by molar-refractivity contribution is 6.04. The van der Waals surface area contributed by atoms with Gasteiger partial charge in [0.25, 0.3) is 0 Å². The van der Waals surface area contributed by atoms with Crippen LogP contribution >= 0.6 is 0 Å². The quantitative estimate of drug-likeness (QED) is 0.289. The third-order valence-electron chi connectivity index (χ3n) is 9.80. The number of benzene rings is 2. The third-order valence-corrected chi connectivity index (χ3v) is 9.80. The van der Waals surface area contributed by atoms with Gasteiger partial charge in [-0.1, -0.05) is 18.1 Å². The van der Waals surface area contributed by atoms with E-state index in [2.05, 4.69) is 26.8 Å². The molecular weight excluding hydrogens is 548 g/mol. The standard InChI is InChI=1S/C34H31F2N5O2/c1-2-23-25(35)10-8-20-17-22(42)18-24(27(20)23)30-29(36)31-28-26(37-30)11-9-21-7-3-4-16-41(21)32(28)39-33(38-31)43-19-34-12-5-14-40(34)15-6-13-34/h1,8-11,17-18,21,42H,3-7,12-16,19H2. The molecule has 1 unspecified atom stereocenters. The molecule has 0 amide bonds. The Bertz CT molecular complexity index is 1870. The number of anilines is 1. The van der Waals surface area contributed by atoms with Crippen LogP contribution < -0.4 is 9.64 Å². The monoisotopic (exact) mass is 579 g/mol. The van der Waals surface area contributed by atoms with Crippen LogP contribution in [0.1, 0.15) is 56.2 Å². The Kier molecular flexibility index (Phi) is 6.05. The third kappa shape index (κ3) is 4.07. The second-order valence-corrected chi connectivity index (χ2v) is 12.2. The van der Waals surface area contributed by atoms with Crippen LogP contribution in [-0.4, -0.2) is 62.8 Å². The van der Waals surface area contributed by atoms with Gasteiger partial charge in [0.15, 0.2) is 5.82 Å². The van der Waals surface area contributed by atoms with E-state index in [4.69, 9.17) is 21.1 Å². The van der Waals surface area contributed by atoms with Crippen LogP contribution in [0.5, 0.6) is 11.8 Å². The summed E-state index contributed by atoms with van der Waals surface area (Å²) in [4.78, 5) is 19.1. The summed E-state index contributed by atoms with van der Waals surface area (Å²) in [6.07, 6.45) is 17.2. The molecule has 0 saturated carbocycles. The number of terminal acetylenes is 1. The van der Waals surface area contributed by atoms with Crippen molar-refractivity contribution in [1.29, 1.82) is 0 Å². The largest absolute Gasteiger partial charge is 0.508 e. The number of ether oxygens (including phenoxy) is 1. The second-order valence-electron chi connectivity index (χ2n) is 12.2. The topological polar surface area (TPSA) is 74.6 Å². The van der Waals surface area contributed by atoms with Crippen LogP contribution in [0.4, 0.5) is 14.6 Å². The summed E-state index contributed by atoms with van der Waals surface area (Å²) < 4.78 is 38.1. The molecule has 2 aromatic heterocycles. The van der Waals surface area contributed by atoms with Gasteiger partial charge in [-0.25, -0.2) is 13.8 Å². The molecule has 0 bridgehead atoms. The molecule has 3 fully saturated rings. The first kappa shape index (κ1) is 26.3. The van der Waals surface area contributed by atoms with E-state index in [9.17, 15) is 9.50 Å². The Morgan fingerprint density at radius 2 is 1.86 bits per heavy atom. The molecule has 1 N–H and O–H groups in total. The molecule has 9 heteroatoms. The Morgan fingerprint density at radius 1 is 1.02 bits per heavy atom. The Balaban J connectivity index is 1.35. The molecule has 1 atom stereocenters. The van der Waals surface area contributed by atoms with Crippen molar-refractivity contribution in [3.05, 3.63) is 53.2 Å². The van der Waals surface area contributed by atoms with Crippen LogP contribution in [0.25, 0.3) is 39.0 Å². The van der Waals surface area contributed by atoms with Crippen LogP contribution in [0.2, 0.25) is 0 Å². The number of phenols is 1. The van der Waals surface area contributed by atoms with Gasteiger partial charge < -0.3 is 14.7 Å². The maximum Gasteiger partial charge on any atom is 0.319 e. The lowest BCUT2D eigenvalue weighted by atomic mass is 9.95. The number of hydrogen-bond acceptors (Lipinski definition) is 7. The number of aromatic hydroxyl groups is 1. The minimum Gasteiger partial charge on any atom is -0.508 e. The molecule has 0 spiro atoms. The van der Waals surface area contributed by atoms with Crippen LogP contribution in [0.3, 0.4) is 0 Å². The molecule has 43 heavy (non-hydrogen) atoms.